The third-order valence-corrected chi connectivity index (χ3v) is 11.5. The Morgan fingerprint density at radius 3 is 1.44 bits per heavy atom. The Morgan fingerprint density at radius 2 is 0.960 bits per heavy atom. The Bertz CT molecular complexity index is 1870. The lowest BCUT2D eigenvalue weighted by Crippen LogP contribution is -2.61. The van der Waals surface area contributed by atoms with Gasteiger partial charge in [-0.15, -0.1) is 0 Å². The minimum atomic E-state index is -1.71. The molecule has 0 bridgehead atoms. The summed E-state index contributed by atoms with van der Waals surface area (Å²) >= 11 is 0. The average Bonchev–Trinajstić information content (AvgIpc) is 3.35. The van der Waals surface area contributed by atoms with Crippen LogP contribution in [0.2, 0.25) is 0 Å². The summed E-state index contributed by atoms with van der Waals surface area (Å²) in [6.07, 6.45) is 0.414. The summed E-state index contributed by atoms with van der Waals surface area (Å²) in [4.78, 5) is 136. The molecular formula is C45H85N15O15. The Kier molecular flexibility index (Phi) is 34.3. The number of aliphatic hydroxyl groups is 4. The van der Waals surface area contributed by atoms with Crippen LogP contribution in [0.4, 0.5) is 0 Å². The molecule has 0 aliphatic heterocycles. The van der Waals surface area contributed by atoms with Gasteiger partial charge in [0.15, 0.2) is 5.96 Å². The number of aliphatic carboxylic acids is 1. The van der Waals surface area contributed by atoms with E-state index in [0.717, 1.165) is 6.92 Å². The second-order valence-corrected chi connectivity index (χ2v) is 18.4. The van der Waals surface area contributed by atoms with Gasteiger partial charge >= 0.3 is 5.97 Å². The van der Waals surface area contributed by atoms with Gasteiger partial charge in [-0.1, -0.05) is 34.1 Å². The molecule has 75 heavy (non-hydrogen) atoms. The van der Waals surface area contributed by atoms with Gasteiger partial charge in [0.1, 0.15) is 54.4 Å². The van der Waals surface area contributed by atoms with Crippen molar-refractivity contribution in [2.75, 3.05) is 46.0 Å². The molecule has 0 aromatic heterocycles. The highest BCUT2D eigenvalue weighted by atomic mass is 16.4. The summed E-state index contributed by atoms with van der Waals surface area (Å²) in [6, 6.07) is -13.1. The fourth-order valence-corrected chi connectivity index (χ4v) is 6.95. The van der Waals surface area contributed by atoms with Crippen LogP contribution in [-0.2, 0) is 47.9 Å². The standard InChI is InChI=1S/C45H85N15O15/c1-6-24(4)34(43(73)56-30(18-23(2)3)39(69)58-31(21-62)40(70)55-29(44(74)75)14-11-17-51-45(49)50)59-38(68)28(13-8-10-16-47)54-37(67)27(12-7-9-15-46)53-33(65)19-52-42(72)35(25(5)64)60-41(71)32(22-63)57-36(66)26(48)20-61/h23-32,34-35,61-64H,6-22,46-48H2,1-5H3,(H,52,72)(H,53,65)(H,54,67)(H,55,70)(H,56,73)(H,57,66)(H,58,69)(H,59,68)(H,60,71)(H,74,75)(H4,49,50,51)/t24-,25+,26-,27-,28-,29-,30-,31-,32-,34-,35-/m0/s1. The van der Waals surface area contributed by atoms with Crippen LogP contribution in [0.3, 0.4) is 0 Å². The van der Waals surface area contributed by atoms with E-state index in [2.05, 4.69) is 52.8 Å². The lowest BCUT2D eigenvalue weighted by atomic mass is 9.96. The molecule has 0 rings (SSSR count). The number of hydrogen-bond donors (Lipinski definition) is 19. The van der Waals surface area contributed by atoms with Gasteiger partial charge in [-0.2, -0.15) is 0 Å². The Hall–Kier alpha value is -6.31. The summed E-state index contributed by atoms with van der Waals surface area (Å²) in [5.74, 6) is -10.8. The fraction of sp³-hybridized carbons (Fsp3) is 0.756. The van der Waals surface area contributed by atoms with Crippen molar-refractivity contribution in [1.82, 2.24) is 47.9 Å². The molecule has 0 radical (unpaired) electrons. The molecule has 24 N–H and O–H groups in total. The van der Waals surface area contributed by atoms with E-state index in [1.165, 1.54) is 0 Å². The molecule has 0 aromatic rings. The minimum Gasteiger partial charge on any atom is -0.480 e. The molecule has 0 aliphatic rings. The maximum Gasteiger partial charge on any atom is 0.326 e. The Labute approximate surface area is 436 Å². The van der Waals surface area contributed by atoms with Crippen LogP contribution in [0, 0.1) is 11.8 Å². The first-order chi connectivity index (χ1) is 35.3. The van der Waals surface area contributed by atoms with Gasteiger partial charge in [-0.05, 0) is 89.6 Å². The summed E-state index contributed by atoms with van der Waals surface area (Å²) in [7, 11) is 0. The number of rotatable bonds is 39. The summed E-state index contributed by atoms with van der Waals surface area (Å²) in [5.41, 5.74) is 27.4. The maximum absolute atomic E-state index is 14.1. The zero-order valence-corrected chi connectivity index (χ0v) is 43.6. The molecule has 0 aliphatic carbocycles. The highest BCUT2D eigenvalue weighted by Gasteiger charge is 2.36. The highest BCUT2D eigenvalue weighted by molar-refractivity contribution is 5.98. The molecule has 11 atom stereocenters. The van der Waals surface area contributed by atoms with Crippen LogP contribution in [0.15, 0.2) is 4.99 Å². The van der Waals surface area contributed by atoms with Crippen LogP contribution in [0.5, 0.6) is 0 Å². The second kappa shape index (κ2) is 37.4. The van der Waals surface area contributed by atoms with Crippen molar-refractivity contribution in [3.8, 4) is 0 Å². The largest absolute Gasteiger partial charge is 0.480 e. The Balaban J connectivity index is 6.36. The third-order valence-electron chi connectivity index (χ3n) is 11.5. The molecule has 9 amide bonds. The second-order valence-electron chi connectivity index (χ2n) is 18.4. The Morgan fingerprint density at radius 1 is 0.520 bits per heavy atom. The van der Waals surface area contributed by atoms with Gasteiger partial charge < -0.3 is 102 Å². The number of nitrogens with one attached hydrogen (secondary N) is 9. The summed E-state index contributed by atoms with van der Waals surface area (Å²) in [5, 5.41) is 70.4. The molecule has 0 spiro atoms. The summed E-state index contributed by atoms with van der Waals surface area (Å²) in [6.45, 7) is 5.15. The molecular weight excluding hydrogens is 991 g/mol. The maximum atomic E-state index is 14.1. The van der Waals surface area contributed by atoms with E-state index in [9.17, 15) is 68.4 Å². The normalized spacial score (nSPS) is 15.5. The van der Waals surface area contributed by atoms with Crippen LogP contribution < -0.4 is 76.5 Å². The number of carboxylic acids is 1. The van der Waals surface area contributed by atoms with Crippen LogP contribution in [0.25, 0.3) is 0 Å². The van der Waals surface area contributed by atoms with Crippen molar-refractivity contribution >= 4 is 65.1 Å². The van der Waals surface area contributed by atoms with E-state index in [1.54, 1.807) is 27.7 Å². The first-order valence-electron chi connectivity index (χ1n) is 25.0. The first-order valence-corrected chi connectivity index (χ1v) is 25.0. The van der Waals surface area contributed by atoms with E-state index in [1.807, 2.05) is 0 Å². The molecule has 0 saturated carbocycles. The fourth-order valence-electron chi connectivity index (χ4n) is 6.95. The van der Waals surface area contributed by atoms with Crippen molar-refractivity contribution in [3.63, 3.8) is 0 Å². The smallest absolute Gasteiger partial charge is 0.326 e. The molecule has 0 saturated heterocycles. The van der Waals surface area contributed by atoms with Gasteiger partial charge in [0.25, 0.3) is 0 Å². The number of aliphatic imine (C=N–C) groups is 1. The molecule has 0 aromatic carbocycles. The predicted octanol–water partition coefficient (Wildman–Crippen LogP) is -7.85. The van der Waals surface area contributed by atoms with E-state index in [0.29, 0.717) is 32.1 Å². The molecule has 0 fully saturated rings. The average molecular weight is 1080 g/mol. The van der Waals surface area contributed by atoms with Crippen molar-refractivity contribution in [3.05, 3.63) is 0 Å². The topological polar surface area (TPSA) is 523 Å². The molecule has 30 nitrogen and oxygen atoms in total. The van der Waals surface area contributed by atoms with Crippen LogP contribution in [0.1, 0.15) is 98.8 Å². The molecule has 430 valence electrons. The number of guanidine groups is 1. The number of carbonyl (C=O) groups is 10. The number of aliphatic hydroxyl groups excluding tert-OH is 4. The van der Waals surface area contributed by atoms with E-state index >= 15 is 0 Å². The van der Waals surface area contributed by atoms with Gasteiger partial charge in [0, 0.05) is 6.54 Å². The predicted molar refractivity (Wildman–Crippen MR) is 272 cm³/mol. The van der Waals surface area contributed by atoms with Gasteiger partial charge in [0.05, 0.1) is 32.5 Å². The third kappa shape index (κ3) is 27.2. The molecule has 0 heterocycles. The van der Waals surface area contributed by atoms with E-state index in [-0.39, 0.29) is 63.6 Å². The molecule has 0 unspecified atom stereocenters. The number of carbonyl (C=O) groups excluding carboxylic acids is 9. The van der Waals surface area contributed by atoms with Crippen LogP contribution in [-0.4, -0.2) is 197 Å². The van der Waals surface area contributed by atoms with Crippen molar-refractivity contribution in [2.45, 2.75) is 159 Å². The quantitative estimate of drug-likeness (QED) is 0.0154. The van der Waals surface area contributed by atoms with E-state index < -0.39 is 152 Å². The minimum absolute atomic E-state index is 0.0112. The van der Waals surface area contributed by atoms with Crippen molar-refractivity contribution in [2.24, 2.45) is 45.5 Å². The SMILES string of the molecule is CC[C@H](C)[C@H](NC(=O)[C@H](CCCCN)NC(=O)[C@H](CCCCN)NC(=O)CNC(=O)[C@@H](NC(=O)[C@H](CO)NC(=O)[C@@H](N)CO)[C@@H](C)O)C(=O)N[C@@H](CC(C)C)C(=O)N[C@@H](CO)C(=O)N[C@@H](CCCN=C(N)N)C(=O)O. The zero-order chi connectivity index (χ0) is 57.4. The van der Waals surface area contributed by atoms with Gasteiger partial charge in [-0.25, -0.2) is 4.79 Å². The van der Waals surface area contributed by atoms with Crippen LogP contribution >= 0.6 is 0 Å². The highest BCUT2D eigenvalue weighted by Crippen LogP contribution is 2.13. The number of nitrogens with zero attached hydrogens (tertiary/aromatic N) is 1. The zero-order valence-electron chi connectivity index (χ0n) is 43.6. The first kappa shape index (κ1) is 68.7. The van der Waals surface area contributed by atoms with Crippen molar-refractivity contribution in [1.29, 1.82) is 0 Å². The summed E-state index contributed by atoms with van der Waals surface area (Å²) < 4.78 is 0. The van der Waals surface area contributed by atoms with Gasteiger partial charge in [0.2, 0.25) is 53.2 Å². The molecule has 30 heteroatoms. The number of unbranched alkanes of at least 4 members (excludes halogenated alkanes) is 2. The number of carboxylic acid groups (broad SMARTS) is 1. The number of amides is 9. The number of hydrogen-bond acceptors (Lipinski definition) is 18. The monoisotopic (exact) mass is 1080 g/mol. The lowest BCUT2D eigenvalue weighted by molar-refractivity contribution is -0.143. The van der Waals surface area contributed by atoms with E-state index in [4.69, 9.17) is 33.8 Å². The van der Waals surface area contributed by atoms with Gasteiger partial charge in [-0.3, -0.25) is 48.1 Å². The van der Waals surface area contributed by atoms with Crippen molar-refractivity contribution < 1.29 is 73.5 Å². The lowest BCUT2D eigenvalue weighted by Gasteiger charge is -2.30. The number of nitrogens with two attached hydrogens (primary N) is 5.